The zero-order valence-electron chi connectivity index (χ0n) is 12.1. The van der Waals surface area contributed by atoms with Gasteiger partial charge in [-0.3, -0.25) is 4.79 Å². The number of benzene rings is 2. The molecule has 0 aliphatic carbocycles. The van der Waals surface area contributed by atoms with Crippen LogP contribution < -0.4 is 10.6 Å². The van der Waals surface area contributed by atoms with Crippen molar-refractivity contribution >= 4 is 17.3 Å². The van der Waals surface area contributed by atoms with E-state index in [0.717, 1.165) is 11.3 Å². The van der Waals surface area contributed by atoms with Gasteiger partial charge in [-0.1, -0.05) is 18.2 Å². The quantitative estimate of drug-likeness (QED) is 0.829. The fourth-order valence-electron chi connectivity index (χ4n) is 2.30. The van der Waals surface area contributed by atoms with Crippen LogP contribution in [-0.2, 0) is 11.2 Å². The van der Waals surface area contributed by atoms with Crippen LogP contribution in [0.4, 0.5) is 11.4 Å². The maximum absolute atomic E-state index is 12.4. The van der Waals surface area contributed by atoms with Gasteiger partial charge in [0.05, 0.1) is 0 Å². The summed E-state index contributed by atoms with van der Waals surface area (Å²) in [6.07, 6.45) is 1.06. The Morgan fingerprint density at radius 1 is 1.19 bits per heavy atom. The van der Waals surface area contributed by atoms with Crippen LogP contribution in [-0.4, -0.2) is 17.6 Å². The van der Waals surface area contributed by atoms with Crippen LogP contribution in [0.2, 0.25) is 0 Å². The summed E-state index contributed by atoms with van der Waals surface area (Å²) < 4.78 is 0. The molecule has 0 spiro atoms. The second-order valence-corrected chi connectivity index (χ2v) is 4.90. The number of carbonyl (C=O) groups excluding carboxylic acids is 1. The van der Waals surface area contributed by atoms with E-state index in [2.05, 4.69) is 0 Å². The first kappa shape index (κ1) is 14.9. The van der Waals surface area contributed by atoms with Crippen molar-refractivity contribution in [3.8, 4) is 5.75 Å². The molecule has 2 aromatic carbocycles. The highest BCUT2D eigenvalue weighted by Crippen LogP contribution is 2.21. The second kappa shape index (κ2) is 6.79. The fourth-order valence-corrected chi connectivity index (χ4v) is 2.30. The smallest absolute Gasteiger partial charge is 0.227 e. The highest BCUT2D eigenvalue weighted by Gasteiger charge is 2.14. The standard InChI is InChI=1S/C17H20N2O2/c1-2-19(15-7-4-8-16(20)12-15)17(21)10-9-13-5-3-6-14(18)11-13/h3-8,11-12,20H,2,9-10,18H2,1H3. The summed E-state index contributed by atoms with van der Waals surface area (Å²) in [6, 6.07) is 14.3. The monoisotopic (exact) mass is 284 g/mol. The third-order valence-electron chi connectivity index (χ3n) is 3.34. The van der Waals surface area contributed by atoms with Crippen molar-refractivity contribution in [2.45, 2.75) is 19.8 Å². The van der Waals surface area contributed by atoms with Gasteiger partial charge >= 0.3 is 0 Å². The number of hydrogen-bond acceptors (Lipinski definition) is 3. The zero-order valence-corrected chi connectivity index (χ0v) is 12.1. The van der Waals surface area contributed by atoms with Crippen LogP contribution in [0.1, 0.15) is 18.9 Å². The molecule has 110 valence electrons. The van der Waals surface area contributed by atoms with Gasteiger partial charge in [0.25, 0.3) is 0 Å². The molecule has 0 fully saturated rings. The number of aryl methyl sites for hydroxylation is 1. The Kier molecular flexibility index (Phi) is 4.82. The first-order chi connectivity index (χ1) is 10.1. The lowest BCUT2D eigenvalue weighted by Gasteiger charge is -2.21. The van der Waals surface area contributed by atoms with Crippen LogP contribution in [0.15, 0.2) is 48.5 Å². The third-order valence-corrected chi connectivity index (χ3v) is 3.34. The van der Waals surface area contributed by atoms with E-state index in [-0.39, 0.29) is 11.7 Å². The molecule has 0 saturated carbocycles. The molecule has 4 nitrogen and oxygen atoms in total. The molecule has 0 unspecified atom stereocenters. The van der Waals surface area contributed by atoms with E-state index in [9.17, 15) is 9.90 Å². The Morgan fingerprint density at radius 3 is 2.62 bits per heavy atom. The third kappa shape index (κ3) is 3.99. The molecular formula is C17H20N2O2. The minimum Gasteiger partial charge on any atom is -0.508 e. The Bertz CT molecular complexity index is 626. The minimum absolute atomic E-state index is 0.0329. The number of amides is 1. The number of phenolic OH excluding ortho intramolecular Hbond substituents is 1. The summed E-state index contributed by atoms with van der Waals surface area (Å²) in [7, 11) is 0. The van der Waals surface area contributed by atoms with Crippen molar-refractivity contribution in [1.82, 2.24) is 0 Å². The number of carbonyl (C=O) groups is 1. The Hall–Kier alpha value is -2.49. The number of nitrogen functional groups attached to an aromatic ring is 1. The number of hydrogen-bond donors (Lipinski definition) is 2. The van der Waals surface area contributed by atoms with Crippen molar-refractivity contribution in [1.29, 1.82) is 0 Å². The van der Waals surface area contributed by atoms with E-state index in [0.29, 0.717) is 25.1 Å². The van der Waals surface area contributed by atoms with Crippen LogP contribution in [0.25, 0.3) is 0 Å². The van der Waals surface area contributed by atoms with E-state index in [1.54, 1.807) is 23.1 Å². The van der Waals surface area contributed by atoms with Crippen LogP contribution in [0, 0.1) is 0 Å². The van der Waals surface area contributed by atoms with Crippen molar-refractivity contribution < 1.29 is 9.90 Å². The molecular weight excluding hydrogens is 264 g/mol. The molecule has 0 bridgehead atoms. The van der Waals surface area contributed by atoms with E-state index in [1.165, 1.54) is 0 Å². The first-order valence-electron chi connectivity index (χ1n) is 7.04. The summed E-state index contributed by atoms with van der Waals surface area (Å²) in [5, 5.41) is 9.53. The summed E-state index contributed by atoms with van der Waals surface area (Å²) in [4.78, 5) is 14.0. The molecule has 0 radical (unpaired) electrons. The van der Waals surface area contributed by atoms with Crippen LogP contribution in [0.5, 0.6) is 5.75 Å². The van der Waals surface area contributed by atoms with E-state index < -0.39 is 0 Å². The number of aromatic hydroxyl groups is 1. The Labute approximate surface area is 124 Å². The average molecular weight is 284 g/mol. The molecule has 0 aromatic heterocycles. The topological polar surface area (TPSA) is 66.6 Å². The summed E-state index contributed by atoms with van der Waals surface area (Å²) in [5.41, 5.74) is 8.21. The van der Waals surface area contributed by atoms with E-state index in [1.807, 2.05) is 37.3 Å². The lowest BCUT2D eigenvalue weighted by Crippen LogP contribution is -2.30. The normalized spacial score (nSPS) is 10.3. The second-order valence-electron chi connectivity index (χ2n) is 4.90. The lowest BCUT2D eigenvalue weighted by atomic mass is 10.1. The number of nitrogens with zero attached hydrogens (tertiary/aromatic N) is 1. The molecule has 0 aliphatic rings. The Morgan fingerprint density at radius 2 is 1.95 bits per heavy atom. The predicted octanol–water partition coefficient (Wildman–Crippen LogP) is 2.96. The van der Waals surface area contributed by atoms with Gasteiger partial charge in [0, 0.05) is 30.4 Å². The van der Waals surface area contributed by atoms with Crippen LogP contribution in [0.3, 0.4) is 0 Å². The predicted molar refractivity (Wildman–Crippen MR) is 85.3 cm³/mol. The zero-order chi connectivity index (χ0) is 15.2. The largest absolute Gasteiger partial charge is 0.508 e. The van der Waals surface area contributed by atoms with Gasteiger partial charge in [-0.2, -0.15) is 0 Å². The summed E-state index contributed by atoms with van der Waals surface area (Å²) in [5.74, 6) is 0.195. The SMILES string of the molecule is CCN(C(=O)CCc1cccc(N)c1)c1cccc(O)c1. The number of rotatable bonds is 5. The van der Waals surface area contributed by atoms with Crippen molar-refractivity contribution in [3.63, 3.8) is 0 Å². The summed E-state index contributed by atoms with van der Waals surface area (Å²) >= 11 is 0. The fraction of sp³-hybridized carbons (Fsp3) is 0.235. The van der Waals surface area contributed by atoms with Crippen LogP contribution >= 0.6 is 0 Å². The average Bonchev–Trinajstić information content (AvgIpc) is 2.46. The summed E-state index contributed by atoms with van der Waals surface area (Å²) in [6.45, 7) is 2.49. The molecule has 2 aromatic rings. The van der Waals surface area contributed by atoms with Gasteiger partial charge in [0.2, 0.25) is 5.91 Å². The highest BCUT2D eigenvalue weighted by molar-refractivity contribution is 5.93. The van der Waals surface area contributed by atoms with E-state index in [4.69, 9.17) is 5.73 Å². The minimum atomic E-state index is 0.0329. The maximum Gasteiger partial charge on any atom is 0.227 e. The van der Waals surface area contributed by atoms with Crippen molar-refractivity contribution in [3.05, 3.63) is 54.1 Å². The van der Waals surface area contributed by atoms with Crippen molar-refractivity contribution in [2.75, 3.05) is 17.2 Å². The molecule has 0 saturated heterocycles. The maximum atomic E-state index is 12.4. The van der Waals surface area contributed by atoms with Gasteiger partial charge in [0.15, 0.2) is 0 Å². The van der Waals surface area contributed by atoms with Gasteiger partial charge in [-0.15, -0.1) is 0 Å². The molecule has 1 amide bonds. The van der Waals surface area contributed by atoms with E-state index >= 15 is 0 Å². The first-order valence-corrected chi connectivity index (χ1v) is 7.04. The van der Waals surface area contributed by atoms with Gasteiger partial charge < -0.3 is 15.7 Å². The Balaban J connectivity index is 2.04. The lowest BCUT2D eigenvalue weighted by molar-refractivity contribution is -0.118. The molecule has 4 heteroatoms. The number of nitrogens with two attached hydrogens (primary N) is 1. The van der Waals surface area contributed by atoms with Gasteiger partial charge in [-0.05, 0) is 43.2 Å². The molecule has 2 rings (SSSR count). The molecule has 3 N–H and O–H groups in total. The van der Waals surface area contributed by atoms with Gasteiger partial charge in [0.1, 0.15) is 5.75 Å². The number of anilines is 2. The van der Waals surface area contributed by atoms with Crippen molar-refractivity contribution in [2.24, 2.45) is 0 Å². The molecule has 0 atom stereocenters. The molecule has 0 aliphatic heterocycles. The van der Waals surface area contributed by atoms with Gasteiger partial charge in [-0.25, -0.2) is 0 Å². The molecule has 21 heavy (non-hydrogen) atoms. The molecule has 0 heterocycles. The highest BCUT2D eigenvalue weighted by atomic mass is 16.3. The number of phenols is 1.